The van der Waals surface area contributed by atoms with Crippen LogP contribution in [0.15, 0.2) is 24.3 Å². The lowest BCUT2D eigenvalue weighted by Crippen LogP contribution is -2.30. The van der Waals surface area contributed by atoms with Gasteiger partial charge in [0.15, 0.2) is 0 Å². The van der Waals surface area contributed by atoms with Crippen molar-refractivity contribution in [2.24, 2.45) is 0 Å². The molecule has 0 aliphatic carbocycles. The Bertz CT molecular complexity index is 893. The summed E-state index contributed by atoms with van der Waals surface area (Å²) in [5, 5.41) is 8.21. The zero-order valence-electron chi connectivity index (χ0n) is 22.3. The minimum atomic E-state index is -0.274. The number of carbonyl (C=O) groups is 3. The Morgan fingerprint density at radius 2 is 1.42 bits per heavy atom. The largest absolute Gasteiger partial charge is 0.379 e. The third kappa shape index (κ3) is 17.3. The van der Waals surface area contributed by atoms with Gasteiger partial charge in [0.2, 0.25) is 17.7 Å². The fourth-order valence-electron chi connectivity index (χ4n) is 2.95. The lowest BCUT2D eigenvalue weighted by molar-refractivity contribution is -0.128. The predicted octanol–water partition coefficient (Wildman–Crippen LogP) is 0.658. The minimum absolute atomic E-state index is 0.0245. The van der Waals surface area contributed by atoms with Crippen LogP contribution in [0.3, 0.4) is 0 Å². The molecular weight excluding hydrogens is 496 g/mol. The number of hydroxylamine groups is 1. The summed E-state index contributed by atoms with van der Waals surface area (Å²) in [6, 6.07) is 6.93. The summed E-state index contributed by atoms with van der Waals surface area (Å²) in [6.45, 7) is 5.43. The molecule has 0 saturated carbocycles. The topological polar surface area (TPSA) is 173 Å². The molecule has 0 unspecified atom stereocenters. The third-order valence-electron chi connectivity index (χ3n) is 4.96. The van der Waals surface area contributed by atoms with Gasteiger partial charge in [-0.3, -0.25) is 19.2 Å². The van der Waals surface area contributed by atoms with Crippen LogP contribution in [0.2, 0.25) is 0 Å². The summed E-state index contributed by atoms with van der Waals surface area (Å²) >= 11 is 0. The van der Waals surface area contributed by atoms with Crippen molar-refractivity contribution in [2.45, 2.75) is 32.6 Å². The van der Waals surface area contributed by atoms with Gasteiger partial charge >= 0.3 is 0 Å². The molecule has 212 valence electrons. The first-order valence-electron chi connectivity index (χ1n) is 12.6. The highest BCUT2D eigenvalue weighted by molar-refractivity contribution is 5.97. The SMILES string of the molecule is CNOCC(=O)NCCCOCCOCCOCCCNC(=O)CCC(=O)Nc1cccc(C(C)=[N+]=[N-])c1. The van der Waals surface area contributed by atoms with Crippen LogP contribution < -0.4 is 21.4 Å². The molecule has 0 aromatic heterocycles. The standard InChI is InChI=1S/C25H40N6O7/c1-20(31-26)21-6-3-7-22(18-21)30-24(33)9-8-23(32)28-10-4-12-35-14-16-37-17-15-36-13-5-11-29-25(34)19-38-27-2/h3,6-7,18,27H,4-5,8-17,19H2,1-2H3,(H,28,32)(H,29,34)(H,30,33). The Morgan fingerprint density at radius 1 is 0.842 bits per heavy atom. The molecule has 0 aliphatic heterocycles. The number of carbonyl (C=O) groups excluding carboxylic acids is 3. The van der Waals surface area contributed by atoms with Gasteiger partial charge in [-0.15, -0.1) is 0 Å². The first-order chi connectivity index (χ1) is 18.5. The monoisotopic (exact) mass is 536 g/mol. The van der Waals surface area contributed by atoms with E-state index in [0.717, 1.165) is 0 Å². The van der Waals surface area contributed by atoms with Gasteiger partial charge in [-0.1, -0.05) is 6.07 Å². The summed E-state index contributed by atoms with van der Waals surface area (Å²) < 4.78 is 16.3. The van der Waals surface area contributed by atoms with Crippen LogP contribution in [0, 0.1) is 0 Å². The minimum Gasteiger partial charge on any atom is -0.379 e. The second kappa shape index (κ2) is 21.9. The highest BCUT2D eigenvalue weighted by atomic mass is 16.6. The van der Waals surface area contributed by atoms with Gasteiger partial charge in [-0.05, 0) is 31.0 Å². The molecule has 0 fully saturated rings. The molecule has 0 heterocycles. The van der Waals surface area contributed by atoms with Crippen molar-refractivity contribution in [1.29, 1.82) is 0 Å². The van der Waals surface area contributed by atoms with Crippen LogP contribution in [-0.2, 0) is 33.4 Å². The van der Waals surface area contributed by atoms with E-state index in [1.807, 2.05) is 0 Å². The number of ether oxygens (including phenoxy) is 3. The first-order valence-corrected chi connectivity index (χ1v) is 12.6. The number of nitrogens with zero attached hydrogens (tertiary/aromatic N) is 2. The molecule has 0 spiro atoms. The van der Waals surface area contributed by atoms with Crippen molar-refractivity contribution >= 4 is 29.1 Å². The molecule has 1 aromatic rings. The first kappa shape index (κ1) is 32.8. The Hall–Kier alpha value is -3.19. The van der Waals surface area contributed by atoms with Gasteiger partial charge in [-0.2, -0.15) is 4.79 Å². The summed E-state index contributed by atoms with van der Waals surface area (Å²) in [5.41, 5.74) is 13.0. The molecule has 0 aliphatic rings. The fraction of sp³-hybridized carbons (Fsp3) is 0.600. The van der Waals surface area contributed by atoms with Crippen LogP contribution in [0.4, 0.5) is 5.69 Å². The van der Waals surface area contributed by atoms with E-state index in [1.165, 1.54) is 0 Å². The number of anilines is 1. The smallest absolute Gasteiger partial charge is 0.296 e. The Labute approximate surface area is 223 Å². The van der Waals surface area contributed by atoms with Crippen LogP contribution >= 0.6 is 0 Å². The van der Waals surface area contributed by atoms with Crippen LogP contribution in [0.5, 0.6) is 0 Å². The normalized spacial score (nSPS) is 10.5. The Morgan fingerprint density at radius 3 is 2.03 bits per heavy atom. The van der Waals surface area contributed by atoms with Crippen molar-refractivity contribution in [3.05, 3.63) is 35.4 Å². The molecule has 0 radical (unpaired) electrons. The van der Waals surface area contributed by atoms with Gasteiger partial charge in [0.25, 0.3) is 5.71 Å². The van der Waals surface area contributed by atoms with E-state index >= 15 is 0 Å². The summed E-state index contributed by atoms with van der Waals surface area (Å²) in [7, 11) is 1.59. The molecule has 1 rings (SSSR count). The molecule has 4 N–H and O–H groups in total. The molecule has 0 bridgehead atoms. The predicted molar refractivity (Wildman–Crippen MR) is 140 cm³/mol. The van der Waals surface area contributed by atoms with Gasteiger partial charge in [-0.25, -0.2) is 5.48 Å². The number of hydrogen-bond donors (Lipinski definition) is 4. The zero-order valence-corrected chi connectivity index (χ0v) is 22.3. The number of nitrogens with one attached hydrogen (secondary N) is 4. The Kier molecular flexibility index (Phi) is 18.9. The van der Waals surface area contributed by atoms with E-state index < -0.39 is 0 Å². The Balaban J connectivity index is 1.91. The van der Waals surface area contributed by atoms with Crippen molar-refractivity contribution in [3.8, 4) is 0 Å². The highest BCUT2D eigenvalue weighted by Crippen LogP contribution is 2.11. The van der Waals surface area contributed by atoms with Crippen molar-refractivity contribution in [1.82, 2.24) is 16.1 Å². The maximum Gasteiger partial charge on any atom is 0.296 e. The number of rotatable bonds is 22. The highest BCUT2D eigenvalue weighted by Gasteiger charge is 2.09. The average Bonchev–Trinajstić information content (AvgIpc) is 2.92. The molecule has 38 heavy (non-hydrogen) atoms. The molecule has 1 aromatic carbocycles. The van der Waals surface area contributed by atoms with Crippen molar-refractivity contribution in [3.63, 3.8) is 0 Å². The van der Waals surface area contributed by atoms with Crippen molar-refractivity contribution < 1.29 is 38.2 Å². The maximum absolute atomic E-state index is 12.1. The van der Waals surface area contributed by atoms with Gasteiger partial charge < -0.3 is 35.7 Å². The lowest BCUT2D eigenvalue weighted by Gasteiger charge is -2.08. The summed E-state index contributed by atoms with van der Waals surface area (Å²) in [6.07, 6.45) is 1.50. The third-order valence-corrected chi connectivity index (χ3v) is 4.96. The number of amides is 3. The number of hydrogen-bond acceptors (Lipinski definition) is 8. The number of benzene rings is 1. The van der Waals surface area contributed by atoms with Crippen LogP contribution in [0.25, 0.3) is 5.53 Å². The molecule has 13 heteroatoms. The maximum atomic E-state index is 12.1. The van der Waals surface area contributed by atoms with E-state index in [4.69, 9.17) is 24.6 Å². The van der Waals surface area contributed by atoms with Crippen LogP contribution in [-0.4, -0.2) is 94.6 Å². The van der Waals surface area contributed by atoms with Gasteiger partial charge in [0.1, 0.15) is 6.61 Å². The molecule has 0 atom stereocenters. The average molecular weight is 537 g/mol. The molecule has 13 nitrogen and oxygen atoms in total. The van der Waals surface area contributed by atoms with E-state index in [1.54, 1.807) is 38.2 Å². The summed E-state index contributed by atoms with van der Waals surface area (Å²) in [5.74, 6) is -0.662. The molecule has 3 amide bonds. The second-order valence-electron chi connectivity index (χ2n) is 8.05. The molecule has 0 saturated heterocycles. The lowest BCUT2D eigenvalue weighted by atomic mass is 10.1. The molecular formula is C25H40N6O7. The van der Waals surface area contributed by atoms with E-state index in [9.17, 15) is 14.4 Å². The summed E-state index contributed by atoms with van der Waals surface area (Å²) in [4.78, 5) is 43.2. The van der Waals surface area contributed by atoms with Crippen molar-refractivity contribution in [2.75, 3.05) is 71.7 Å². The van der Waals surface area contributed by atoms with E-state index in [0.29, 0.717) is 82.5 Å². The van der Waals surface area contributed by atoms with Gasteiger partial charge in [0.05, 0.1) is 32.0 Å². The fourth-order valence-corrected chi connectivity index (χ4v) is 2.95. The quantitative estimate of drug-likeness (QED) is 0.0550. The van der Waals surface area contributed by atoms with E-state index in [-0.39, 0.29) is 37.2 Å². The van der Waals surface area contributed by atoms with E-state index in [2.05, 4.69) is 26.2 Å². The second-order valence-corrected chi connectivity index (χ2v) is 8.05. The van der Waals surface area contributed by atoms with Crippen LogP contribution in [0.1, 0.15) is 38.2 Å². The van der Waals surface area contributed by atoms with Gasteiger partial charge in [0, 0.05) is 58.8 Å². The zero-order chi connectivity index (χ0) is 27.8.